The summed E-state index contributed by atoms with van der Waals surface area (Å²) in [5.41, 5.74) is 10.7. The minimum Gasteiger partial charge on any atom is -0.320 e. The highest BCUT2D eigenvalue weighted by atomic mass is 127. The number of hydrogen-bond donors (Lipinski definition) is 1. The second-order valence-corrected chi connectivity index (χ2v) is 7.13. The number of nitrogens with two attached hydrogens (primary N) is 1. The standard InChI is InChI=1S/C17H14BrIN2/c1-10-2-3-11-8-12(4-7-16(11)21-10)17(20)14-9-13(18)5-6-15(14)19/h2-9,17H,20H2,1H3. The van der Waals surface area contributed by atoms with Gasteiger partial charge < -0.3 is 5.73 Å². The summed E-state index contributed by atoms with van der Waals surface area (Å²) >= 11 is 5.84. The van der Waals surface area contributed by atoms with Crippen molar-refractivity contribution in [1.82, 2.24) is 4.98 Å². The van der Waals surface area contributed by atoms with Crippen molar-refractivity contribution in [2.24, 2.45) is 5.73 Å². The Kier molecular flexibility index (Phi) is 4.28. The third-order valence-electron chi connectivity index (χ3n) is 3.50. The summed E-state index contributed by atoms with van der Waals surface area (Å²) in [5, 5.41) is 1.12. The minimum atomic E-state index is -0.139. The molecule has 2 nitrogen and oxygen atoms in total. The summed E-state index contributed by atoms with van der Waals surface area (Å²) in [5.74, 6) is 0. The van der Waals surface area contributed by atoms with E-state index in [9.17, 15) is 0 Å². The smallest absolute Gasteiger partial charge is 0.0705 e. The lowest BCUT2D eigenvalue weighted by Gasteiger charge is -2.15. The first-order valence-corrected chi connectivity index (χ1v) is 8.49. The predicted octanol–water partition coefficient (Wildman–Crippen LogP) is 4.96. The monoisotopic (exact) mass is 452 g/mol. The van der Waals surface area contributed by atoms with Crippen LogP contribution in [0.2, 0.25) is 0 Å². The predicted molar refractivity (Wildman–Crippen MR) is 99.4 cm³/mol. The number of halogens is 2. The topological polar surface area (TPSA) is 38.9 Å². The number of hydrogen-bond acceptors (Lipinski definition) is 2. The number of pyridine rings is 1. The zero-order valence-electron chi connectivity index (χ0n) is 11.5. The van der Waals surface area contributed by atoms with E-state index in [1.807, 2.05) is 25.1 Å². The first-order chi connectivity index (χ1) is 10.0. The van der Waals surface area contributed by atoms with Gasteiger partial charge in [-0.15, -0.1) is 0 Å². The molecule has 106 valence electrons. The van der Waals surface area contributed by atoms with Gasteiger partial charge >= 0.3 is 0 Å². The number of benzene rings is 2. The summed E-state index contributed by atoms with van der Waals surface area (Å²) in [6, 6.07) is 16.4. The molecule has 0 radical (unpaired) electrons. The van der Waals surface area contributed by atoms with E-state index >= 15 is 0 Å². The number of nitrogens with zero attached hydrogens (tertiary/aromatic N) is 1. The molecule has 2 aromatic carbocycles. The summed E-state index contributed by atoms with van der Waals surface area (Å²) in [6.45, 7) is 2.00. The van der Waals surface area contributed by atoms with Crippen molar-refractivity contribution in [1.29, 1.82) is 0 Å². The number of rotatable bonds is 2. The number of aromatic nitrogens is 1. The lowest BCUT2D eigenvalue weighted by atomic mass is 9.98. The maximum atomic E-state index is 6.46. The second-order valence-electron chi connectivity index (χ2n) is 5.05. The Balaban J connectivity index is 2.07. The van der Waals surface area contributed by atoms with Crippen molar-refractivity contribution >= 4 is 49.4 Å². The van der Waals surface area contributed by atoms with Crippen LogP contribution in [0.4, 0.5) is 0 Å². The third-order valence-corrected chi connectivity index (χ3v) is 4.98. The van der Waals surface area contributed by atoms with E-state index in [1.165, 1.54) is 3.57 Å². The molecule has 0 aliphatic heterocycles. The maximum Gasteiger partial charge on any atom is 0.0705 e. The molecule has 1 unspecified atom stereocenters. The summed E-state index contributed by atoms with van der Waals surface area (Å²) < 4.78 is 2.22. The average Bonchev–Trinajstić information content (AvgIpc) is 2.48. The lowest BCUT2D eigenvalue weighted by molar-refractivity contribution is 0.866. The first kappa shape index (κ1) is 14.9. The van der Waals surface area contributed by atoms with Gasteiger partial charge in [-0.3, -0.25) is 4.98 Å². The zero-order chi connectivity index (χ0) is 15.0. The molecule has 21 heavy (non-hydrogen) atoms. The number of fused-ring (bicyclic) bond motifs is 1. The Labute approximate surface area is 146 Å². The molecule has 1 atom stereocenters. The Morgan fingerprint density at radius 3 is 2.71 bits per heavy atom. The normalized spacial score (nSPS) is 12.6. The van der Waals surface area contributed by atoms with Crippen molar-refractivity contribution < 1.29 is 0 Å². The maximum absolute atomic E-state index is 6.46. The van der Waals surface area contributed by atoms with Gasteiger partial charge in [-0.05, 0) is 77.0 Å². The van der Waals surface area contributed by atoms with Crippen LogP contribution >= 0.6 is 38.5 Å². The molecule has 0 aliphatic rings. The van der Waals surface area contributed by atoms with E-state index in [-0.39, 0.29) is 6.04 Å². The van der Waals surface area contributed by atoms with Crippen LogP contribution in [0.25, 0.3) is 10.9 Å². The van der Waals surface area contributed by atoms with Gasteiger partial charge in [-0.25, -0.2) is 0 Å². The van der Waals surface area contributed by atoms with E-state index in [1.54, 1.807) is 0 Å². The van der Waals surface area contributed by atoms with Crippen LogP contribution in [0.3, 0.4) is 0 Å². The molecular formula is C17H14BrIN2. The van der Waals surface area contributed by atoms with E-state index < -0.39 is 0 Å². The first-order valence-electron chi connectivity index (χ1n) is 6.62. The Morgan fingerprint density at radius 1 is 1.10 bits per heavy atom. The van der Waals surface area contributed by atoms with Crippen molar-refractivity contribution in [3.63, 3.8) is 0 Å². The van der Waals surface area contributed by atoms with E-state index in [0.717, 1.165) is 32.2 Å². The molecule has 0 fully saturated rings. The highest BCUT2D eigenvalue weighted by Gasteiger charge is 2.13. The zero-order valence-corrected chi connectivity index (χ0v) is 15.2. The highest BCUT2D eigenvalue weighted by Crippen LogP contribution is 2.28. The molecule has 3 rings (SSSR count). The van der Waals surface area contributed by atoms with Crippen molar-refractivity contribution in [3.05, 3.63) is 73.4 Å². The van der Waals surface area contributed by atoms with Gasteiger partial charge in [0.2, 0.25) is 0 Å². The van der Waals surface area contributed by atoms with Crippen molar-refractivity contribution in [2.45, 2.75) is 13.0 Å². The molecule has 0 bridgehead atoms. The van der Waals surface area contributed by atoms with Crippen LogP contribution in [0, 0.1) is 10.5 Å². The SMILES string of the molecule is Cc1ccc2cc(C(N)c3cc(Br)ccc3I)ccc2n1. The van der Waals surface area contributed by atoms with Gasteiger partial charge in [0.25, 0.3) is 0 Å². The average molecular weight is 453 g/mol. The molecule has 4 heteroatoms. The van der Waals surface area contributed by atoms with Gasteiger partial charge in [0.15, 0.2) is 0 Å². The van der Waals surface area contributed by atoms with Crippen LogP contribution in [-0.2, 0) is 0 Å². The van der Waals surface area contributed by atoms with Crippen molar-refractivity contribution in [3.8, 4) is 0 Å². The number of aryl methyl sites for hydroxylation is 1. The van der Waals surface area contributed by atoms with Gasteiger partial charge in [0.05, 0.1) is 11.6 Å². The second kappa shape index (κ2) is 6.02. The molecule has 1 aromatic heterocycles. The van der Waals surface area contributed by atoms with Crippen LogP contribution in [0.5, 0.6) is 0 Å². The third kappa shape index (κ3) is 3.12. The molecule has 2 N–H and O–H groups in total. The van der Waals surface area contributed by atoms with Crippen LogP contribution in [0.15, 0.2) is 53.0 Å². The molecule has 0 spiro atoms. The molecule has 0 amide bonds. The molecule has 0 aliphatic carbocycles. The Bertz CT molecular complexity index is 817. The lowest BCUT2D eigenvalue weighted by Crippen LogP contribution is -2.13. The van der Waals surface area contributed by atoms with Gasteiger partial charge in [0.1, 0.15) is 0 Å². The Hall–Kier alpha value is -0.980. The fourth-order valence-electron chi connectivity index (χ4n) is 2.37. The van der Waals surface area contributed by atoms with Gasteiger partial charge in [-0.1, -0.05) is 28.1 Å². The largest absolute Gasteiger partial charge is 0.320 e. The molecular weight excluding hydrogens is 439 g/mol. The van der Waals surface area contributed by atoms with Gasteiger partial charge in [-0.2, -0.15) is 0 Å². The quantitative estimate of drug-likeness (QED) is 0.558. The van der Waals surface area contributed by atoms with E-state index in [0.29, 0.717) is 0 Å². The van der Waals surface area contributed by atoms with E-state index in [2.05, 4.69) is 73.8 Å². The highest BCUT2D eigenvalue weighted by molar-refractivity contribution is 14.1. The Morgan fingerprint density at radius 2 is 1.90 bits per heavy atom. The molecule has 3 aromatic rings. The summed E-state index contributed by atoms with van der Waals surface area (Å²) in [7, 11) is 0. The molecule has 1 heterocycles. The fraction of sp³-hybridized carbons (Fsp3) is 0.118. The summed E-state index contributed by atoms with van der Waals surface area (Å²) in [6.07, 6.45) is 0. The minimum absolute atomic E-state index is 0.139. The van der Waals surface area contributed by atoms with Crippen molar-refractivity contribution in [2.75, 3.05) is 0 Å². The van der Waals surface area contributed by atoms with E-state index in [4.69, 9.17) is 5.73 Å². The molecule has 0 saturated heterocycles. The molecule has 0 saturated carbocycles. The summed E-state index contributed by atoms with van der Waals surface area (Å²) in [4.78, 5) is 4.53. The van der Waals surface area contributed by atoms with Crippen LogP contribution in [0.1, 0.15) is 22.9 Å². The van der Waals surface area contributed by atoms with Crippen LogP contribution in [-0.4, -0.2) is 4.98 Å². The van der Waals surface area contributed by atoms with Crippen LogP contribution < -0.4 is 5.73 Å². The fourth-order valence-corrected chi connectivity index (χ4v) is 3.42. The van der Waals surface area contributed by atoms with Gasteiger partial charge in [0, 0.05) is 19.1 Å².